The number of alkyl halides is 2. The molecule has 7 rings (SSSR count). The van der Waals surface area contributed by atoms with Crippen molar-refractivity contribution in [3.8, 4) is 28.3 Å². The molecule has 1 saturated heterocycles. The Morgan fingerprint density at radius 1 is 0.976 bits per heavy atom. The second-order valence-electron chi connectivity index (χ2n) is 10.6. The summed E-state index contributed by atoms with van der Waals surface area (Å²) in [7, 11) is 6.86. The van der Waals surface area contributed by atoms with Crippen LogP contribution >= 0.6 is 0 Å². The van der Waals surface area contributed by atoms with Gasteiger partial charge in [-0.15, -0.1) is 0 Å². The molecule has 0 saturated carbocycles. The minimum Gasteiger partial charge on any atom is -0.363 e. The molecule has 0 spiro atoms. The van der Waals surface area contributed by atoms with Gasteiger partial charge in [-0.2, -0.15) is 5.10 Å². The van der Waals surface area contributed by atoms with Crippen molar-refractivity contribution in [1.82, 2.24) is 38.0 Å². The Hall–Kier alpha value is -4.81. The number of halogens is 3. The minimum absolute atomic E-state index is 0.136. The summed E-state index contributed by atoms with van der Waals surface area (Å²) in [6.07, 6.45) is 6.34. The van der Waals surface area contributed by atoms with E-state index in [9.17, 15) is 13.6 Å². The lowest BCUT2D eigenvalue weighted by Gasteiger charge is -2.22. The maximum Gasteiger partial charge on any atom is 0.328 e. The van der Waals surface area contributed by atoms with Gasteiger partial charge in [0.2, 0.25) is 0 Å². The molecule has 5 heterocycles. The number of rotatable bonds is 4. The average Bonchev–Trinajstić information content (AvgIpc) is 3.74. The van der Waals surface area contributed by atoms with Crippen molar-refractivity contribution in [2.45, 2.75) is 12.3 Å². The van der Waals surface area contributed by atoms with Crippen LogP contribution in [0.4, 0.5) is 18.9 Å². The third-order valence-corrected chi connectivity index (χ3v) is 7.90. The van der Waals surface area contributed by atoms with Crippen molar-refractivity contribution < 1.29 is 13.2 Å². The van der Waals surface area contributed by atoms with Crippen LogP contribution in [-0.4, -0.2) is 57.0 Å². The summed E-state index contributed by atoms with van der Waals surface area (Å²) < 4.78 is 52.6. The van der Waals surface area contributed by atoms with Crippen molar-refractivity contribution in [2.24, 2.45) is 28.2 Å². The molecular formula is C28H26F3N9O. The molecule has 0 aliphatic carbocycles. The molecule has 6 aromatic rings. The molecule has 210 valence electrons. The summed E-state index contributed by atoms with van der Waals surface area (Å²) in [6.45, 7) is -0.325. The van der Waals surface area contributed by atoms with E-state index in [0.29, 0.717) is 56.1 Å². The number of hydrogen-bond acceptors (Lipinski definition) is 5. The Kier molecular flexibility index (Phi) is 5.28. The van der Waals surface area contributed by atoms with Crippen molar-refractivity contribution in [3.63, 3.8) is 0 Å². The summed E-state index contributed by atoms with van der Waals surface area (Å²) >= 11 is 0. The van der Waals surface area contributed by atoms with Crippen LogP contribution in [0.15, 0.2) is 54.0 Å². The summed E-state index contributed by atoms with van der Waals surface area (Å²) in [6, 6.07) is 6.68. The number of benzene rings is 2. The zero-order chi connectivity index (χ0) is 28.8. The van der Waals surface area contributed by atoms with Crippen molar-refractivity contribution in [3.05, 3.63) is 65.5 Å². The normalized spacial score (nSPS) is 15.1. The number of anilines is 1. The van der Waals surface area contributed by atoms with Crippen LogP contribution in [0.2, 0.25) is 0 Å². The van der Waals surface area contributed by atoms with Crippen molar-refractivity contribution in [1.29, 1.82) is 0 Å². The number of aromatic nitrogens is 8. The molecular weight excluding hydrogens is 535 g/mol. The lowest BCUT2D eigenvalue weighted by Crippen LogP contribution is -2.26. The first-order valence-corrected chi connectivity index (χ1v) is 13.0. The first-order chi connectivity index (χ1) is 19.5. The Labute approximate surface area is 231 Å². The molecule has 2 aromatic carbocycles. The maximum atomic E-state index is 15.7. The van der Waals surface area contributed by atoms with Gasteiger partial charge in [0.05, 0.1) is 58.7 Å². The summed E-state index contributed by atoms with van der Waals surface area (Å²) in [4.78, 5) is 23.7. The van der Waals surface area contributed by atoms with Crippen LogP contribution in [0.1, 0.15) is 6.42 Å². The van der Waals surface area contributed by atoms with E-state index in [1.807, 2.05) is 13.1 Å². The molecule has 41 heavy (non-hydrogen) atoms. The molecule has 4 aromatic heterocycles. The van der Waals surface area contributed by atoms with E-state index in [1.165, 1.54) is 15.2 Å². The lowest BCUT2D eigenvalue weighted by atomic mass is 10.1. The van der Waals surface area contributed by atoms with E-state index in [4.69, 9.17) is 4.98 Å². The minimum atomic E-state index is -2.84. The second-order valence-corrected chi connectivity index (χ2v) is 10.6. The fourth-order valence-corrected chi connectivity index (χ4v) is 5.81. The van der Waals surface area contributed by atoms with Crippen LogP contribution in [0, 0.1) is 5.82 Å². The number of fused-ring (bicyclic) bond motifs is 2. The van der Waals surface area contributed by atoms with Crippen LogP contribution in [0.25, 0.3) is 50.4 Å². The van der Waals surface area contributed by atoms with Gasteiger partial charge in [-0.25, -0.2) is 27.9 Å². The Balaban J connectivity index is 1.55. The number of hydrogen-bond donors (Lipinski definition) is 0. The second kappa shape index (κ2) is 8.59. The molecule has 10 nitrogen and oxygen atoms in total. The number of aryl methyl sites for hydroxylation is 4. The molecule has 1 aliphatic heterocycles. The Morgan fingerprint density at radius 2 is 1.78 bits per heavy atom. The highest BCUT2D eigenvalue weighted by molar-refractivity contribution is 5.94. The standard InChI is InChI=1S/C28H26F3N9O/c1-35-15-32-12-24(35)26-34-20-9-18(16-11-33-36(2)13-16)19(29)10-21(20)40(26)17-7-22-25(38(4)27(41)37(22)3)23(8-17)39-6-5-28(30,31)14-39/h7-13,15H,5-6,14H2,1-4H3. The number of nitrogens with zero attached hydrogens (tertiary/aromatic N) is 9. The third-order valence-electron chi connectivity index (χ3n) is 7.90. The van der Waals surface area contributed by atoms with Gasteiger partial charge < -0.3 is 9.47 Å². The van der Waals surface area contributed by atoms with E-state index in [-0.39, 0.29) is 18.7 Å². The monoisotopic (exact) mass is 561 g/mol. The third kappa shape index (κ3) is 3.79. The van der Waals surface area contributed by atoms with E-state index in [2.05, 4.69) is 10.1 Å². The van der Waals surface area contributed by atoms with Crippen molar-refractivity contribution in [2.75, 3.05) is 18.0 Å². The molecule has 1 aliphatic rings. The SMILES string of the molecule is Cn1cc(-c2cc3nc(-c4cncn4C)n(-c4cc(N5CCC(F)(F)C5)c5c(c4)n(C)c(=O)n5C)c3cc2F)cn1. The van der Waals surface area contributed by atoms with E-state index >= 15 is 4.39 Å². The van der Waals surface area contributed by atoms with Gasteiger partial charge in [0.1, 0.15) is 11.5 Å². The van der Waals surface area contributed by atoms with Gasteiger partial charge in [-0.3, -0.25) is 18.4 Å². The predicted octanol–water partition coefficient (Wildman–Crippen LogP) is 4.00. The van der Waals surface area contributed by atoms with Gasteiger partial charge in [-0.1, -0.05) is 0 Å². The highest BCUT2D eigenvalue weighted by Crippen LogP contribution is 2.39. The fraction of sp³-hybridized carbons (Fsp3) is 0.286. The van der Waals surface area contributed by atoms with Gasteiger partial charge in [0, 0.05) is 64.5 Å². The van der Waals surface area contributed by atoms with E-state index < -0.39 is 18.3 Å². The van der Waals surface area contributed by atoms with Crippen LogP contribution in [0.3, 0.4) is 0 Å². The highest BCUT2D eigenvalue weighted by Gasteiger charge is 2.39. The van der Waals surface area contributed by atoms with Crippen molar-refractivity contribution >= 4 is 27.8 Å². The molecule has 0 radical (unpaired) electrons. The van der Waals surface area contributed by atoms with Crippen LogP contribution in [0.5, 0.6) is 0 Å². The Morgan fingerprint density at radius 3 is 2.44 bits per heavy atom. The first kappa shape index (κ1) is 25.2. The zero-order valence-corrected chi connectivity index (χ0v) is 22.8. The van der Waals surface area contributed by atoms with E-state index in [1.54, 1.807) is 76.9 Å². The van der Waals surface area contributed by atoms with Gasteiger partial charge >= 0.3 is 5.69 Å². The first-order valence-electron chi connectivity index (χ1n) is 13.0. The number of imidazole rings is 3. The topological polar surface area (TPSA) is 83.6 Å². The fourth-order valence-electron chi connectivity index (χ4n) is 5.81. The predicted molar refractivity (Wildman–Crippen MR) is 149 cm³/mol. The van der Waals surface area contributed by atoms with Gasteiger partial charge in [0.25, 0.3) is 5.92 Å². The molecule has 1 fully saturated rings. The summed E-state index contributed by atoms with van der Waals surface area (Å²) in [5.74, 6) is -2.82. The van der Waals surface area contributed by atoms with Crippen LogP contribution in [-0.2, 0) is 28.2 Å². The molecule has 0 amide bonds. The molecule has 13 heteroatoms. The van der Waals surface area contributed by atoms with Crippen LogP contribution < -0.4 is 10.6 Å². The van der Waals surface area contributed by atoms with E-state index in [0.717, 1.165) is 0 Å². The molecule has 0 N–H and O–H groups in total. The quantitative estimate of drug-likeness (QED) is 0.325. The zero-order valence-electron chi connectivity index (χ0n) is 22.8. The smallest absolute Gasteiger partial charge is 0.328 e. The average molecular weight is 562 g/mol. The summed E-state index contributed by atoms with van der Waals surface area (Å²) in [5, 5.41) is 4.17. The maximum absolute atomic E-state index is 15.7. The highest BCUT2D eigenvalue weighted by atomic mass is 19.3. The molecule has 0 unspecified atom stereocenters. The van der Waals surface area contributed by atoms with Gasteiger partial charge in [0.15, 0.2) is 5.82 Å². The Bertz CT molecular complexity index is 2060. The summed E-state index contributed by atoms with van der Waals surface area (Å²) in [5.41, 5.74) is 4.52. The largest absolute Gasteiger partial charge is 0.363 e. The lowest BCUT2D eigenvalue weighted by molar-refractivity contribution is 0.0257. The molecule has 0 bridgehead atoms. The van der Waals surface area contributed by atoms with Gasteiger partial charge in [-0.05, 0) is 18.2 Å². The molecule has 0 atom stereocenters.